The fourth-order valence-electron chi connectivity index (χ4n) is 1.60. The third-order valence-electron chi connectivity index (χ3n) is 2.34. The van der Waals surface area contributed by atoms with Crippen LogP contribution >= 0.6 is 11.6 Å². The highest BCUT2D eigenvalue weighted by molar-refractivity contribution is 6.33. The molecule has 0 radical (unpaired) electrons. The van der Waals surface area contributed by atoms with Crippen LogP contribution in [0.4, 0.5) is 0 Å². The molecule has 0 atom stereocenters. The minimum Gasteiger partial charge on any atom is -0.294 e. The van der Waals surface area contributed by atoms with Crippen molar-refractivity contribution in [3.05, 3.63) is 41.0 Å². The number of rotatable bonds is 2. The largest absolute Gasteiger partial charge is 0.294 e. The topological polar surface area (TPSA) is 34.9 Å². The van der Waals surface area contributed by atoms with Crippen LogP contribution < -0.4 is 0 Å². The van der Waals surface area contributed by atoms with Crippen molar-refractivity contribution in [2.45, 2.75) is 6.92 Å². The maximum absolute atomic E-state index is 11.5. The number of aromatic nitrogens is 2. The van der Waals surface area contributed by atoms with Crippen molar-refractivity contribution < 1.29 is 4.79 Å². The number of halogens is 1. The van der Waals surface area contributed by atoms with Crippen molar-refractivity contribution in [2.24, 2.45) is 7.05 Å². The summed E-state index contributed by atoms with van der Waals surface area (Å²) in [4.78, 5) is 11.5. The van der Waals surface area contributed by atoms with Crippen molar-refractivity contribution in [3.63, 3.8) is 0 Å². The molecule has 82 valence electrons. The van der Waals surface area contributed by atoms with E-state index in [1.165, 1.54) is 6.92 Å². The third-order valence-corrected chi connectivity index (χ3v) is 2.67. The fourth-order valence-corrected chi connectivity index (χ4v) is 1.82. The van der Waals surface area contributed by atoms with Gasteiger partial charge in [0.15, 0.2) is 5.78 Å². The first-order valence-electron chi connectivity index (χ1n) is 4.89. The number of nitrogens with zero attached hydrogens (tertiary/aromatic N) is 2. The molecule has 16 heavy (non-hydrogen) atoms. The zero-order valence-electron chi connectivity index (χ0n) is 9.07. The normalized spacial score (nSPS) is 10.4. The highest BCUT2D eigenvalue weighted by Crippen LogP contribution is 2.28. The summed E-state index contributed by atoms with van der Waals surface area (Å²) in [5.41, 5.74) is 2.02. The van der Waals surface area contributed by atoms with Crippen LogP contribution in [0.1, 0.15) is 17.3 Å². The maximum Gasteiger partial charge on any atom is 0.163 e. The summed E-state index contributed by atoms with van der Waals surface area (Å²) >= 11 is 6.08. The van der Waals surface area contributed by atoms with Crippen LogP contribution in [-0.2, 0) is 7.05 Å². The second kappa shape index (κ2) is 4.10. The van der Waals surface area contributed by atoms with Gasteiger partial charge in [-0.3, -0.25) is 9.48 Å². The van der Waals surface area contributed by atoms with Gasteiger partial charge in [0.25, 0.3) is 0 Å². The van der Waals surface area contributed by atoms with Crippen LogP contribution in [0.15, 0.2) is 30.5 Å². The molecule has 0 saturated heterocycles. The SMILES string of the molecule is CC(=O)c1cn(C)nc1-c1ccccc1Cl. The van der Waals surface area contributed by atoms with Crippen molar-refractivity contribution in [2.75, 3.05) is 0 Å². The van der Waals surface area contributed by atoms with Crippen LogP contribution in [0.3, 0.4) is 0 Å². The van der Waals surface area contributed by atoms with Gasteiger partial charge >= 0.3 is 0 Å². The first-order chi connectivity index (χ1) is 7.59. The average Bonchev–Trinajstić information content (AvgIpc) is 2.61. The van der Waals surface area contributed by atoms with E-state index in [0.717, 1.165) is 5.56 Å². The second-order valence-corrected chi connectivity index (χ2v) is 4.01. The number of ketones is 1. The van der Waals surface area contributed by atoms with Gasteiger partial charge in [0.2, 0.25) is 0 Å². The van der Waals surface area contributed by atoms with Gasteiger partial charge in [0, 0.05) is 18.8 Å². The number of carbonyl (C=O) groups excluding carboxylic acids is 1. The van der Waals surface area contributed by atoms with Gasteiger partial charge in [-0.25, -0.2) is 0 Å². The quantitative estimate of drug-likeness (QED) is 0.749. The first kappa shape index (κ1) is 10.9. The molecule has 0 aliphatic carbocycles. The molecular formula is C12H11ClN2O. The highest BCUT2D eigenvalue weighted by Gasteiger charge is 2.15. The molecule has 0 bridgehead atoms. The molecule has 0 aliphatic heterocycles. The minimum absolute atomic E-state index is 0.0111. The number of Topliss-reactive ketones (excluding diaryl/α,β-unsaturated/α-hetero) is 1. The summed E-state index contributed by atoms with van der Waals surface area (Å²) in [6.45, 7) is 1.53. The number of carbonyl (C=O) groups is 1. The lowest BCUT2D eigenvalue weighted by Crippen LogP contribution is -1.93. The van der Waals surface area contributed by atoms with Crippen LogP contribution in [0.25, 0.3) is 11.3 Å². The van der Waals surface area contributed by atoms with Gasteiger partial charge in [-0.1, -0.05) is 29.8 Å². The Morgan fingerprint density at radius 3 is 2.69 bits per heavy atom. The van der Waals surface area contributed by atoms with E-state index in [1.807, 2.05) is 18.2 Å². The zero-order chi connectivity index (χ0) is 11.7. The Hall–Kier alpha value is -1.61. The minimum atomic E-state index is -0.0111. The van der Waals surface area contributed by atoms with Crippen LogP contribution in [0.5, 0.6) is 0 Å². The fraction of sp³-hybridized carbons (Fsp3) is 0.167. The van der Waals surface area contributed by atoms with Gasteiger partial charge in [-0.2, -0.15) is 5.10 Å². The Kier molecular flexibility index (Phi) is 2.79. The molecular weight excluding hydrogens is 224 g/mol. The highest BCUT2D eigenvalue weighted by atomic mass is 35.5. The standard InChI is InChI=1S/C12H11ClN2O/c1-8(16)10-7-15(2)14-12(10)9-5-3-4-6-11(9)13/h3-7H,1-2H3. The van der Waals surface area contributed by atoms with E-state index in [4.69, 9.17) is 11.6 Å². The van der Waals surface area contributed by atoms with E-state index in [0.29, 0.717) is 16.3 Å². The van der Waals surface area contributed by atoms with E-state index in [2.05, 4.69) is 5.10 Å². The van der Waals surface area contributed by atoms with Crippen LogP contribution in [0, 0.1) is 0 Å². The Morgan fingerprint density at radius 1 is 1.38 bits per heavy atom. The molecule has 1 heterocycles. The van der Waals surface area contributed by atoms with E-state index < -0.39 is 0 Å². The molecule has 0 spiro atoms. The molecule has 2 aromatic rings. The molecule has 0 aliphatic rings. The first-order valence-corrected chi connectivity index (χ1v) is 5.27. The monoisotopic (exact) mass is 234 g/mol. The van der Waals surface area contributed by atoms with Crippen LogP contribution in [0.2, 0.25) is 5.02 Å². The van der Waals surface area contributed by atoms with E-state index in [-0.39, 0.29) is 5.78 Å². The number of aryl methyl sites for hydroxylation is 1. The maximum atomic E-state index is 11.5. The molecule has 4 heteroatoms. The summed E-state index contributed by atoms with van der Waals surface area (Å²) in [5, 5.41) is 4.88. The number of hydrogen-bond donors (Lipinski definition) is 0. The second-order valence-electron chi connectivity index (χ2n) is 3.60. The Balaban J connectivity index is 2.64. The van der Waals surface area contributed by atoms with Crippen molar-refractivity contribution in [1.29, 1.82) is 0 Å². The van der Waals surface area contributed by atoms with Crippen molar-refractivity contribution in [1.82, 2.24) is 9.78 Å². The van der Waals surface area contributed by atoms with Crippen molar-refractivity contribution in [3.8, 4) is 11.3 Å². The Bertz CT molecular complexity index is 546. The number of benzene rings is 1. The summed E-state index contributed by atoms with van der Waals surface area (Å²) in [6.07, 6.45) is 1.71. The lowest BCUT2D eigenvalue weighted by atomic mass is 10.1. The summed E-state index contributed by atoms with van der Waals surface area (Å²) in [6, 6.07) is 7.37. The molecule has 3 nitrogen and oxygen atoms in total. The summed E-state index contributed by atoms with van der Waals surface area (Å²) in [5.74, 6) is -0.0111. The van der Waals surface area contributed by atoms with E-state index in [1.54, 1.807) is 24.0 Å². The molecule has 0 N–H and O–H groups in total. The van der Waals surface area contributed by atoms with Gasteiger partial charge in [-0.05, 0) is 13.0 Å². The zero-order valence-corrected chi connectivity index (χ0v) is 9.82. The summed E-state index contributed by atoms with van der Waals surface area (Å²) < 4.78 is 1.62. The smallest absolute Gasteiger partial charge is 0.163 e. The summed E-state index contributed by atoms with van der Waals surface area (Å²) in [7, 11) is 1.78. The van der Waals surface area contributed by atoms with E-state index in [9.17, 15) is 4.79 Å². The molecule has 0 fully saturated rings. The molecule has 1 aromatic heterocycles. The Morgan fingerprint density at radius 2 is 2.06 bits per heavy atom. The predicted molar refractivity (Wildman–Crippen MR) is 63.7 cm³/mol. The number of hydrogen-bond acceptors (Lipinski definition) is 2. The lowest BCUT2D eigenvalue weighted by molar-refractivity contribution is 0.101. The average molecular weight is 235 g/mol. The molecule has 0 amide bonds. The third kappa shape index (κ3) is 1.86. The molecule has 1 aromatic carbocycles. The van der Waals surface area contributed by atoms with Crippen molar-refractivity contribution >= 4 is 17.4 Å². The molecule has 2 rings (SSSR count). The van der Waals surface area contributed by atoms with Gasteiger partial charge in [0.1, 0.15) is 5.69 Å². The van der Waals surface area contributed by atoms with Gasteiger partial charge in [-0.15, -0.1) is 0 Å². The predicted octanol–water partition coefficient (Wildman–Crippen LogP) is 2.94. The molecule has 0 unspecified atom stereocenters. The lowest BCUT2D eigenvalue weighted by Gasteiger charge is -2.01. The van der Waals surface area contributed by atoms with Gasteiger partial charge in [0.05, 0.1) is 10.6 Å². The molecule has 0 saturated carbocycles. The van der Waals surface area contributed by atoms with Gasteiger partial charge < -0.3 is 0 Å². The van der Waals surface area contributed by atoms with Crippen LogP contribution in [-0.4, -0.2) is 15.6 Å². The Labute approximate surface area is 98.7 Å². The van der Waals surface area contributed by atoms with E-state index >= 15 is 0 Å².